The van der Waals surface area contributed by atoms with Gasteiger partial charge in [-0.1, -0.05) is 12.1 Å². The van der Waals surface area contributed by atoms with Crippen LogP contribution in [0.25, 0.3) is 0 Å². The molecule has 0 aliphatic rings. The summed E-state index contributed by atoms with van der Waals surface area (Å²) in [6.07, 6.45) is 0.246. The van der Waals surface area contributed by atoms with Crippen molar-refractivity contribution in [2.24, 2.45) is 5.73 Å². The second kappa shape index (κ2) is 9.40. The van der Waals surface area contributed by atoms with Gasteiger partial charge in [0.25, 0.3) is 5.91 Å². The smallest absolute Gasteiger partial charge is 0.323 e. The minimum atomic E-state index is -0.883. The van der Waals surface area contributed by atoms with Gasteiger partial charge >= 0.3 is 12.0 Å². The molecular formula is C20H23N3O5. The molecule has 0 saturated carbocycles. The lowest BCUT2D eigenvalue weighted by Gasteiger charge is -2.14. The third-order valence-corrected chi connectivity index (χ3v) is 3.68. The standard InChI is InChI=1S/C20H23N3O5/c1-12(2)28-17-8-7-15(11-16(17)19(21)26)23-20(27)22-14-5-3-4-13(10-14)6-9-18(24)25/h3-5,7-8,10-12H,6,9H2,1-2H3,(H2,21,26)(H,24,25)(H2,22,23,27). The second-order valence-electron chi connectivity index (χ2n) is 6.42. The summed E-state index contributed by atoms with van der Waals surface area (Å²) in [5, 5.41) is 14.1. The highest BCUT2D eigenvalue weighted by molar-refractivity contribution is 6.02. The molecule has 0 unspecified atom stereocenters. The maximum atomic E-state index is 12.2. The summed E-state index contributed by atoms with van der Waals surface area (Å²) in [7, 11) is 0. The predicted molar refractivity (Wildman–Crippen MR) is 106 cm³/mol. The third kappa shape index (κ3) is 6.31. The van der Waals surface area contributed by atoms with Crippen LogP contribution in [0.1, 0.15) is 36.2 Å². The highest BCUT2D eigenvalue weighted by Gasteiger charge is 2.13. The van der Waals surface area contributed by atoms with Gasteiger partial charge in [-0.15, -0.1) is 0 Å². The van der Waals surface area contributed by atoms with Gasteiger partial charge in [0, 0.05) is 17.8 Å². The Labute approximate surface area is 162 Å². The number of benzene rings is 2. The van der Waals surface area contributed by atoms with E-state index in [1.165, 1.54) is 6.07 Å². The minimum absolute atomic E-state index is 0.0103. The fraction of sp³-hybridized carbons (Fsp3) is 0.250. The largest absolute Gasteiger partial charge is 0.490 e. The van der Waals surface area contributed by atoms with Crippen molar-refractivity contribution >= 4 is 29.3 Å². The molecule has 0 saturated heterocycles. The van der Waals surface area contributed by atoms with E-state index in [2.05, 4.69) is 10.6 Å². The Kier molecular flexibility index (Phi) is 6.97. The fourth-order valence-electron chi connectivity index (χ4n) is 2.51. The van der Waals surface area contributed by atoms with Crippen molar-refractivity contribution in [2.45, 2.75) is 32.8 Å². The summed E-state index contributed by atoms with van der Waals surface area (Å²) in [6.45, 7) is 3.66. The number of aliphatic carboxylic acids is 1. The lowest BCUT2D eigenvalue weighted by Crippen LogP contribution is -2.21. The van der Waals surface area contributed by atoms with E-state index in [1.54, 1.807) is 36.4 Å². The summed E-state index contributed by atoms with van der Waals surface area (Å²) in [5.41, 5.74) is 7.26. The molecule has 5 N–H and O–H groups in total. The van der Waals surface area contributed by atoms with Gasteiger partial charge in [-0.05, 0) is 56.2 Å². The van der Waals surface area contributed by atoms with Crippen molar-refractivity contribution in [2.75, 3.05) is 10.6 Å². The van der Waals surface area contributed by atoms with Crippen LogP contribution >= 0.6 is 0 Å². The SMILES string of the molecule is CC(C)Oc1ccc(NC(=O)Nc2cccc(CCC(=O)O)c2)cc1C(N)=O. The van der Waals surface area contributed by atoms with Crippen LogP contribution in [-0.4, -0.2) is 29.1 Å². The van der Waals surface area contributed by atoms with E-state index in [4.69, 9.17) is 15.6 Å². The molecule has 3 amide bonds. The lowest BCUT2D eigenvalue weighted by molar-refractivity contribution is -0.136. The maximum Gasteiger partial charge on any atom is 0.323 e. The maximum absolute atomic E-state index is 12.2. The Morgan fingerprint density at radius 2 is 1.75 bits per heavy atom. The Bertz CT molecular complexity index is 880. The van der Waals surface area contributed by atoms with Crippen LogP contribution in [0.2, 0.25) is 0 Å². The van der Waals surface area contributed by atoms with Crippen molar-refractivity contribution in [3.8, 4) is 5.75 Å². The number of hydrogen-bond donors (Lipinski definition) is 4. The van der Waals surface area contributed by atoms with Crippen LogP contribution in [-0.2, 0) is 11.2 Å². The Hall–Kier alpha value is -3.55. The number of urea groups is 1. The molecule has 0 aliphatic carbocycles. The number of carbonyl (C=O) groups excluding carboxylic acids is 2. The monoisotopic (exact) mass is 385 g/mol. The Morgan fingerprint density at radius 1 is 1.07 bits per heavy atom. The van der Waals surface area contributed by atoms with Gasteiger partial charge in [0.15, 0.2) is 0 Å². The van der Waals surface area contributed by atoms with E-state index in [1.807, 2.05) is 13.8 Å². The number of hydrogen-bond acceptors (Lipinski definition) is 4. The zero-order valence-corrected chi connectivity index (χ0v) is 15.7. The van der Waals surface area contributed by atoms with Crippen LogP contribution in [0, 0.1) is 0 Å². The number of rotatable bonds is 8. The van der Waals surface area contributed by atoms with Crippen molar-refractivity contribution in [1.29, 1.82) is 0 Å². The average Bonchev–Trinajstić information content (AvgIpc) is 2.61. The van der Waals surface area contributed by atoms with Gasteiger partial charge in [-0.3, -0.25) is 9.59 Å². The number of primary amides is 1. The minimum Gasteiger partial charge on any atom is -0.490 e. The normalized spacial score (nSPS) is 10.4. The predicted octanol–water partition coefficient (Wildman–Crippen LogP) is 3.23. The average molecular weight is 385 g/mol. The summed E-state index contributed by atoms with van der Waals surface area (Å²) in [4.78, 5) is 34.6. The molecule has 0 radical (unpaired) electrons. The highest BCUT2D eigenvalue weighted by Crippen LogP contribution is 2.24. The van der Waals surface area contributed by atoms with E-state index in [0.717, 1.165) is 5.56 Å². The Balaban J connectivity index is 2.06. The molecule has 148 valence electrons. The topological polar surface area (TPSA) is 131 Å². The fourth-order valence-corrected chi connectivity index (χ4v) is 2.51. The second-order valence-corrected chi connectivity index (χ2v) is 6.42. The highest BCUT2D eigenvalue weighted by atomic mass is 16.5. The summed E-state index contributed by atoms with van der Waals surface area (Å²) in [5.74, 6) is -1.20. The molecule has 0 fully saturated rings. The molecule has 0 heterocycles. The first-order chi connectivity index (χ1) is 13.2. The van der Waals surface area contributed by atoms with Gasteiger partial charge in [-0.2, -0.15) is 0 Å². The van der Waals surface area contributed by atoms with E-state index >= 15 is 0 Å². The number of ether oxygens (including phenoxy) is 1. The van der Waals surface area contributed by atoms with Crippen LogP contribution in [0.15, 0.2) is 42.5 Å². The van der Waals surface area contributed by atoms with Crippen LogP contribution in [0.4, 0.5) is 16.2 Å². The number of carboxylic acid groups (broad SMARTS) is 1. The zero-order valence-electron chi connectivity index (χ0n) is 15.7. The van der Waals surface area contributed by atoms with E-state index in [-0.39, 0.29) is 18.1 Å². The number of amides is 3. The quantitative estimate of drug-likeness (QED) is 0.554. The molecule has 2 aromatic rings. The van der Waals surface area contributed by atoms with Gasteiger partial charge < -0.3 is 26.2 Å². The summed E-state index contributed by atoms with van der Waals surface area (Å²) < 4.78 is 5.54. The number of nitrogens with one attached hydrogen (secondary N) is 2. The Morgan fingerprint density at radius 3 is 2.36 bits per heavy atom. The van der Waals surface area contributed by atoms with Crippen molar-refractivity contribution in [3.05, 3.63) is 53.6 Å². The lowest BCUT2D eigenvalue weighted by atomic mass is 10.1. The number of nitrogens with two attached hydrogens (primary N) is 1. The van der Waals surface area contributed by atoms with Crippen molar-refractivity contribution < 1.29 is 24.2 Å². The summed E-state index contributed by atoms with van der Waals surface area (Å²) in [6, 6.07) is 11.0. The number of anilines is 2. The summed E-state index contributed by atoms with van der Waals surface area (Å²) >= 11 is 0. The van der Waals surface area contributed by atoms with Crippen LogP contribution < -0.4 is 21.1 Å². The van der Waals surface area contributed by atoms with Gasteiger partial charge in [0.1, 0.15) is 5.75 Å². The first kappa shape index (κ1) is 20.8. The molecule has 0 spiro atoms. The molecule has 0 atom stereocenters. The number of carbonyl (C=O) groups is 3. The van der Waals surface area contributed by atoms with Crippen LogP contribution in [0.5, 0.6) is 5.75 Å². The molecule has 0 aromatic heterocycles. The van der Waals surface area contributed by atoms with Crippen molar-refractivity contribution in [1.82, 2.24) is 0 Å². The van der Waals surface area contributed by atoms with Gasteiger partial charge in [0.2, 0.25) is 0 Å². The number of carboxylic acids is 1. The first-order valence-corrected chi connectivity index (χ1v) is 8.74. The van der Waals surface area contributed by atoms with Crippen molar-refractivity contribution in [3.63, 3.8) is 0 Å². The van der Waals surface area contributed by atoms with E-state index < -0.39 is 17.9 Å². The zero-order chi connectivity index (χ0) is 20.7. The van der Waals surface area contributed by atoms with Gasteiger partial charge in [0.05, 0.1) is 11.7 Å². The molecule has 2 aromatic carbocycles. The van der Waals surface area contributed by atoms with E-state index in [9.17, 15) is 14.4 Å². The first-order valence-electron chi connectivity index (χ1n) is 8.74. The molecule has 0 aliphatic heterocycles. The van der Waals surface area contributed by atoms with Crippen LogP contribution in [0.3, 0.4) is 0 Å². The molecule has 2 rings (SSSR count). The third-order valence-electron chi connectivity index (χ3n) is 3.68. The van der Waals surface area contributed by atoms with Gasteiger partial charge in [-0.25, -0.2) is 4.79 Å². The molecule has 8 nitrogen and oxygen atoms in total. The molecular weight excluding hydrogens is 362 g/mol. The molecule has 8 heteroatoms. The number of aryl methyl sites for hydroxylation is 1. The molecule has 28 heavy (non-hydrogen) atoms. The van der Waals surface area contributed by atoms with E-state index in [0.29, 0.717) is 23.5 Å². The molecule has 0 bridgehead atoms.